The van der Waals surface area contributed by atoms with Crippen LogP contribution in [0, 0.1) is 0 Å². The Morgan fingerprint density at radius 1 is 1.04 bits per heavy atom. The van der Waals surface area contributed by atoms with Gasteiger partial charge in [-0.2, -0.15) is 5.10 Å². The standard InChI is InChI=1S/C20H21N3O/c1-3-18-13-19(22-21-18)20(24)23(2)14-15-9-11-17(12-10-15)16-7-5-4-6-8-16/h4-13H,3,14H2,1-2H3,(H,21,22). The fourth-order valence-corrected chi connectivity index (χ4v) is 2.63. The average molecular weight is 319 g/mol. The van der Waals surface area contributed by atoms with Crippen LogP contribution in [-0.2, 0) is 13.0 Å². The maximum atomic E-state index is 12.4. The van der Waals surface area contributed by atoms with Gasteiger partial charge in [-0.25, -0.2) is 0 Å². The van der Waals surface area contributed by atoms with Crippen LogP contribution >= 0.6 is 0 Å². The normalized spacial score (nSPS) is 10.6. The van der Waals surface area contributed by atoms with Crippen LogP contribution in [0.4, 0.5) is 0 Å². The SMILES string of the molecule is CCc1cc(C(=O)N(C)Cc2ccc(-c3ccccc3)cc2)n[nH]1. The van der Waals surface area contributed by atoms with Gasteiger partial charge in [0.2, 0.25) is 0 Å². The predicted molar refractivity (Wildman–Crippen MR) is 95.6 cm³/mol. The van der Waals surface area contributed by atoms with Crippen molar-refractivity contribution in [1.29, 1.82) is 0 Å². The average Bonchev–Trinajstić information content (AvgIpc) is 3.11. The first-order chi connectivity index (χ1) is 11.7. The summed E-state index contributed by atoms with van der Waals surface area (Å²) in [5, 5.41) is 6.97. The Hall–Kier alpha value is -2.88. The van der Waals surface area contributed by atoms with E-state index in [9.17, 15) is 4.79 Å². The second-order valence-corrected chi connectivity index (χ2v) is 5.86. The number of hydrogen-bond acceptors (Lipinski definition) is 2. The molecule has 0 fully saturated rings. The summed E-state index contributed by atoms with van der Waals surface area (Å²) in [4.78, 5) is 14.1. The van der Waals surface area contributed by atoms with E-state index in [4.69, 9.17) is 0 Å². The van der Waals surface area contributed by atoms with E-state index < -0.39 is 0 Å². The molecule has 4 nitrogen and oxygen atoms in total. The topological polar surface area (TPSA) is 49.0 Å². The molecule has 0 saturated carbocycles. The molecule has 0 spiro atoms. The second-order valence-electron chi connectivity index (χ2n) is 5.86. The van der Waals surface area contributed by atoms with Gasteiger partial charge in [0.25, 0.3) is 5.91 Å². The van der Waals surface area contributed by atoms with E-state index >= 15 is 0 Å². The van der Waals surface area contributed by atoms with Crippen LogP contribution in [-0.4, -0.2) is 28.1 Å². The third-order valence-corrected chi connectivity index (χ3v) is 4.06. The number of aromatic amines is 1. The first kappa shape index (κ1) is 16.0. The largest absolute Gasteiger partial charge is 0.336 e. The van der Waals surface area contributed by atoms with Gasteiger partial charge >= 0.3 is 0 Å². The van der Waals surface area contributed by atoms with Gasteiger partial charge < -0.3 is 4.90 Å². The first-order valence-electron chi connectivity index (χ1n) is 8.11. The third kappa shape index (κ3) is 3.54. The number of nitrogens with zero attached hydrogens (tertiary/aromatic N) is 2. The molecule has 1 heterocycles. The van der Waals surface area contributed by atoms with Crippen molar-refractivity contribution in [3.05, 3.63) is 77.6 Å². The predicted octanol–water partition coefficient (Wildman–Crippen LogP) is 3.91. The fraction of sp³-hybridized carbons (Fsp3) is 0.200. The highest BCUT2D eigenvalue weighted by Crippen LogP contribution is 2.20. The lowest BCUT2D eigenvalue weighted by atomic mass is 10.0. The third-order valence-electron chi connectivity index (χ3n) is 4.06. The van der Waals surface area contributed by atoms with Crippen molar-refractivity contribution in [3.8, 4) is 11.1 Å². The highest BCUT2D eigenvalue weighted by molar-refractivity contribution is 5.92. The van der Waals surface area contributed by atoms with Gasteiger partial charge in [-0.1, -0.05) is 61.5 Å². The Bertz CT molecular complexity index is 806. The molecule has 0 atom stereocenters. The maximum absolute atomic E-state index is 12.4. The zero-order valence-electron chi connectivity index (χ0n) is 14.0. The van der Waals surface area contributed by atoms with Crippen molar-refractivity contribution >= 4 is 5.91 Å². The Morgan fingerprint density at radius 2 is 1.71 bits per heavy atom. The van der Waals surface area contributed by atoms with Crippen LogP contribution in [0.5, 0.6) is 0 Å². The number of aryl methyl sites for hydroxylation is 1. The van der Waals surface area contributed by atoms with Crippen molar-refractivity contribution in [2.45, 2.75) is 19.9 Å². The van der Waals surface area contributed by atoms with Crippen LogP contribution in [0.3, 0.4) is 0 Å². The van der Waals surface area contributed by atoms with Gasteiger partial charge in [-0.3, -0.25) is 9.89 Å². The van der Waals surface area contributed by atoms with Gasteiger partial charge in [-0.15, -0.1) is 0 Å². The summed E-state index contributed by atoms with van der Waals surface area (Å²) in [6, 6.07) is 20.4. The van der Waals surface area contributed by atoms with Crippen molar-refractivity contribution < 1.29 is 4.79 Å². The van der Waals surface area contributed by atoms with Gasteiger partial charge in [0, 0.05) is 19.3 Å². The molecule has 122 valence electrons. The number of hydrogen-bond donors (Lipinski definition) is 1. The number of nitrogens with one attached hydrogen (secondary N) is 1. The quantitative estimate of drug-likeness (QED) is 0.775. The molecule has 0 aliphatic carbocycles. The lowest BCUT2D eigenvalue weighted by Gasteiger charge is -2.16. The van der Waals surface area contributed by atoms with Gasteiger partial charge in [0.05, 0.1) is 0 Å². The Kier molecular flexibility index (Phi) is 4.75. The van der Waals surface area contributed by atoms with E-state index in [-0.39, 0.29) is 5.91 Å². The number of amides is 1. The van der Waals surface area contributed by atoms with Gasteiger partial charge in [-0.05, 0) is 29.2 Å². The molecule has 2 aromatic carbocycles. The molecule has 0 unspecified atom stereocenters. The maximum Gasteiger partial charge on any atom is 0.274 e. The molecule has 0 bridgehead atoms. The second kappa shape index (κ2) is 7.13. The highest BCUT2D eigenvalue weighted by Gasteiger charge is 2.15. The van der Waals surface area contributed by atoms with Gasteiger partial charge in [0.1, 0.15) is 5.69 Å². The van der Waals surface area contributed by atoms with Crippen molar-refractivity contribution in [2.24, 2.45) is 0 Å². The summed E-state index contributed by atoms with van der Waals surface area (Å²) in [7, 11) is 1.80. The van der Waals surface area contributed by atoms with E-state index in [0.717, 1.165) is 17.7 Å². The Balaban J connectivity index is 1.68. The molecule has 1 aromatic heterocycles. The molecule has 0 radical (unpaired) electrons. The minimum Gasteiger partial charge on any atom is -0.336 e. The van der Waals surface area contributed by atoms with Crippen molar-refractivity contribution in [2.75, 3.05) is 7.05 Å². The number of carbonyl (C=O) groups excluding carboxylic acids is 1. The molecule has 0 aliphatic rings. The molecule has 24 heavy (non-hydrogen) atoms. The van der Waals surface area contributed by atoms with E-state index in [1.165, 1.54) is 11.1 Å². The van der Waals surface area contributed by atoms with Crippen molar-refractivity contribution in [1.82, 2.24) is 15.1 Å². The number of carbonyl (C=O) groups is 1. The smallest absolute Gasteiger partial charge is 0.274 e. The first-order valence-corrected chi connectivity index (χ1v) is 8.11. The number of benzene rings is 2. The molecule has 0 aliphatic heterocycles. The summed E-state index contributed by atoms with van der Waals surface area (Å²) in [5.74, 6) is -0.0712. The lowest BCUT2D eigenvalue weighted by molar-refractivity contribution is 0.0779. The van der Waals surface area contributed by atoms with Crippen LogP contribution < -0.4 is 0 Å². The summed E-state index contributed by atoms with van der Waals surface area (Å²) in [5.41, 5.74) is 4.90. The molecule has 3 rings (SSSR count). The molecule has 4 heteroatoms. The summed E-state index contributed by atoms with van der Waals surface area (Å²) < 4.78 is 0. The molecule has 1 amide bonds. The minimum absolute atomic E-state index is 0.0712. The highest BCUT2D eigenvalue weighted by atomic mass is 16.2. The van der Waals surface area contributed by atoms with Crippen LogP contribution in [0.2, 0.25) is 0 Å². The van der Waals surface area contributed by atoms with E-state index in [1.807, 2.05) is 31.2 Å². The summed E-state index contributed by atoms with van der Waals surface area (Å²) in [6.07, 6.45) is 0.838. The summed E-state index contributed by atoms with van der Waals surface area (Å²) in [6.45, 7) is 2.59. The molecular formula is C20H21N3O. The molecule has 1 N–H and O–H groups in total. The zero-order valence-corrected chi connectivity index (χ0v) is 14.0. The number of aromatic nitrogens is 2. The monoisotopic (exact) mass is 319 g/mol. The summed E-state index contributed by atoms with van der Waals surface area (Å²) >= 11 is 0. The molecule has 0 saturated heterocycles. The lowest BCUT2D eigenvalue weighted by Crippen LogP contribution is -2.26. The van der Waals surface area contributed by atoms with E-state index in [1.54, 1.807) is 11.9 Å². The van der Waals surface area contributed by atoms with Crippen molar-refractivity contribution in [3.63, 3.8) is 0 Å². The van der Waals surface area contributed by atoms with E-state index in [0.29, 0.717) is 12.2 Å². The molecule has 3 aromatic rings. The van der Waals surface area contributed by atoms with Crippen LogP contribution in [0.1, 0.15) is 28.7 Å². The van der Waals surface area contributed by atoms with Crippen LogP contribution in [0.15, 0.2) is 60.7 Å². The Labute approximate surface area is 142 Å². The molecular weight excluding hydrogens is 298 g/mol. The van der Waals surface area contributed by atoms with E-state index in [2.05, 4.69) is 46.6 Å². The number of rotatable bonds is 5. The van der Waals surface area contributed by atoms with Crippen LogP contribution in [0.25, 0.3) is 11.1 Å². The zero-order chi connectivity index (χ0) is 16.9. The van der Waals surface area contributed by atoms with Gasteiger partial charge in [0.15, 0.2) is 0 Å². The number of H-pyrrole nitrogens is 1. The Morgan fingerprint density at radius 3 is 2.33 bits per heavy atom. The fourth-order valence-electron chi connectivity index (χ4n) is 2.63. The minimum atomic E-state index is -0.0712.